The number of sulfonamides is 1. The third-order valence-corrected chi connectivity index (χ3v) is 5.46. The number of halogens is 1. The molecule has 7 nitrogen and oxygen atoms in total. The standard InChI is InChI=1S/C20H26N4O3S.HI/c1-22-20(23-12-15-8-10-18(11-9-15)28(21,25)26)24-13-17-4-2-3-5-19(17)27-14-16-6-7-16;/h2-5,8-11,16H,6-7,12-14H2,1H3,(H2,21,25,26)(H2,22,23,24);1H. The van der Waals surface area contributed by atoms with Crippen molar-refractivity contribution >= 4 is 40.0 Å². The number of aliphatic imine (C=N–C) groups is 1. The summed E-state index contributed by atoms with van der Waals surface area (Å²) in [6.07, 6.45) is 2.52. The monoisotopic (exact) mass is 530 g/mol. The Hall–Kier alpha value is -1.85. The van der Waals surface area contributed by atoms with Gasteiger partial charge in [0.2, 0.25) is 10.0 Å². The summed E-state index contributed by atoms with van der Waals surface area (Å²) < 4.78 is 28.6. The van der Waals surface area contributed by atoms with E-state index in [-0.39, 0.29) is 28.9 Å². The van der Waals surface area contributed by atoms with Crippen molar-refractivity contribution in [2.45, 2.75) is 30.8 Å². The summed E-state index contributed by atoms with van der Waals surface area (Å²) in [5.74, 6) is 2.25. The third kappa shape index (κ3) is 7.48. The van der Waals surface area contributed by atoms with Gasteiger partial charge in [0.1, 0.15) is 5.75 Å². The van der Waals surface area contributed by atoms with E-state index in [9.17, 15) is 8.42 Å². The highest BCUT2D eigenvalue weighted by Crippen LogP contribution is 2.30. The molecular weight excluding hydrogens is 503 g/mol. The van der Waals surface area contributed by atoms with E-state index in [1.807, 2.05) is 24.3 Å². The number of nitrogens with two attached hydrogens (primary N) is 1. The number of primary sulfonamides is 1. The summed E-state index contributed by atoms with van der Waals surface area (Å²) in [6, 6.07) is 14.4. The van der Waals surface area contributed by atoms with Gasteiger partial charge in [-0.05, 0) is 42.5 Å². The molecule has 0 atom stereocenters. The van der Waals surface area contributed by atoms with Crippen LogP contribution in [0.2, 0.25) is 0 Å². The van der Waals surface area contributed by atoms with Gasteiger partial charge in [-0.15, -0.1) is 24.0 Å². The van der Waals surface area contributed by atoms with Crippen molar-refractivity contribution in [2.24, 2.45) is 16.0 Å². The molecule has 0 aromatic heterocycles. The number of rotatable bonds is 8. The zero-order valence-corrected chi connectivity index (χ0v) is 19.4. The first-order valence-electron chi connectivity index (χ1n) is 9.22. The van der Waals surface area contributed by atoms with Gasteiger partial charge in [0.05, 0.1) is 11.5 Å². The summed E-state index contributed by atoms with van der Waals surface area (Å²) in [5, 5.41) is 11.6. The Kier molecular flexibility index (Phi) is 8.72. The minimum Gasteiger partial charge on any atom is -0.493 e. The van der Waals surface area contributed by atoms with E-state index in [1.54, 1.807) is 19.2 Å². The molecule has 9 heteroatoms. The highest BCUT2D eigenvalue weighted by atomic mass is 127. The molecule has 4 N–H and O–H groups in total. The smallest absolute Gasteiger partial charge is 0.238 e. The molecule has 0 saturated heterocycles. The van der Waals surface area contributed by atoms with Crippen molar-refractivity contribution in [2.75, 3.05) is 13.7 Å². The summed E-state index contributed by atoms with van der Waals surface area (Å²) >= 11 is 0. The molecule has 0 heterocycles. The number of benzene rings is 2. The SMILES string of the molecule is CN=C(NCc1ccc(S(N)(=O)=O)cc1)NCc1ccccc1OCC1CC1.I. The second-order valence-corrected chi connectivity index (χ2v) is 8.39. The van der Waals surface area contributed by atoms with Crippen molar-refractivity contribution in [1.82, 2.24) is 10.6 Å². The molecule has 0 unspecified atom stereocenters. The lowest BCUT2D eigenvalue weighted by atomic mass is 10.2. The highest BCUT2D eigenvalue weighted by Gasteiger charge is 2.22. The zero-order valence-electron chi connectivity index (χ0n) is 16.3. The fourth-order valence-corrected chi connectivity index (χ4v) is 3.18. The number of nitrogens with zero attached hydrogens (tertiary/aromatic N) is 1. The number of hydrogen-bond acceptors (Lipinski definition) is 4. The van der Waals surface area contributed by atoms with Crippen LogP contribution in [-0.2, 0) is 23.1 Å². The topological polar surface area (TPSA) is 106 Å². The van der Waals surface area contributed by atoms with Gasteiger partial charge in [0, 0.05) is 25.7 Å². The summed E-state index contributed by atoms with van der Waals surface area (Å²) in [6.45, 7) is 1.87. The van der Waals surface area contributed by atoms with Crippen LogP contribution >= 0.6 is 24.0 Å². The maximum absolute atomic E-state index is 11.3. The predicted octanol–water partition coefficient (Wildman–Crippen LogP) is 2.61. The maximum Gasteiger partial charge on any atom is 0.238 e. The Labute approximate surface area is 189 Å². The van der Waals surface area contributed by atoms with Crippen LogP contribution in [0.15, 0.2) is 58.4 Å². The van der Waals surface area contributed by atoms with Crippen LogP contribution in [0.5, 0.6) is 5.75 Å². The van der Waals surface area contributed by atoms with E-state index in [1.165, 1.54) is 25.0 Å². The van der Waals surface area contributed by atoms with Gasteiger partial charge in [-0.25, -0.2) is 13.6 Å². The number of ether oxygens (including phenoxy) is 1. The van der Waals surface area contributed by atoms with Crippen LogP contribution in [0.3, 0.4) is 0 Å². The minimum atomic E-state index is -3.67. The molecule has 2 aromatic rings. The molecule has 1 saturated carbocycles. The lowest BCUT2D eigenvalue weighted by Gasteiger charge is -2.15. The van der Waals surface area contributed by atoms with Gasteiger partial charge in [0.25, 0.3) is 0 Å². The predicted molar refractivity (Wildman–Crippen MR) is 125 cm³/mol. The molecule has 1 aliphatic rings. The molecule has 0 spiro atoms. The molecule has 2 aromatic carbocycles. The lowest BCUT2D eigenvalue weighted by molar-refractivity contribution is 0.296. The Morgan fingerprint density at radius 2 is 1.76 bits per heavy atom. The molecule has 29 heavy (non-hydrogen) atoms. The Morgan fingerprint density at radius 3 is 2.38 bits per heavy atom. The van der Waals surface area contributed by atoms with Crippen LogP contribution in [0, 0.1) is 5.92 Å². The molecule has 3 rings (SSSR count). The Morgan fingerprint density at radius 1 is 1.10 bits per heavy atom. The molecule has 1 aliphatic carbocycles. The molecule has 0 aliphatic heterocycles. The van der Waals surface area contributed by atoms with Crippen LogP contribution in [-0.4, -0.2) is 28.0 Å². The van der Waals surface area contributed by atoms with Gasteiger partial charge in [-0.3, -0.25) is 4.99 Å². The third-order valence-electron chi connectivity index (χ3n) is 4.53. The summed E-state index contributed by atoms with van der Waals surface area (Å²) in [7, 11) is -1.97. The van der Waals surface area contributed by atoms with E-state index >= 15 is 0 Å². The molecule has 0 radical (unpaired) electrons. The lowest BCUT2D eigenvalue weighted by Crippen LogP contribution is -2.36. The number of para-hydroxylation sites is 1. The highest BCUT2D eigenvalue weighted by molar-refractivity contribution is 14.0. The van der Waals surface area contributed by atoms with Gasteiger partial charge < -0.3 is 15.4 Å². The normalized spacial score (nSPS) is 14.1. The second kappa shape index (κ2) is 10.8. The fourth-order valence-electron chi connectivity index (χ4n) is 2.67. The van der Waals surface area contributed by atoms with Crippen LogP contribution in [0.4, 0.5) is 0 Å². The Bertz CT molecular complexity index is 929. The second-order valence-electron chi connectivity index (χ2n) is 6.83. The quantitative estimate of drug-likeness (QED) is 0.277. The van der Waals surface area contributed by atoms with Crippen molar-refractivity contribution in [1.29, 1.82) is 0 Å². The Balaban J connectivity index is 0.00000300. The van der Waals surface area contributed by atoms with Gasteiger partial charge in [-0.2, -0.15) is 0 Å². The average molecular weight is 530 g/mol. The number of guanidine groups is 1. The fraction of sp³-hybridized carbons (Fsp3) is 0.350. The van der Waals surface area contributed by atoms with E-state index in [0.717, 1.165) is 23.5 Å². The largest absolute Gasteiger partial charge is 0.493 e. The number of nitrogens with one attached hydrogen (secondary N) is 2. The van der Waals surface area contributed by atoms with Crippen LogP contribution in [0.25, 0.3) is 0 Å². The van der Waals surface area contributed by atoms with Crippen LogP contribution in [0.1, 0.15) is 24.0 Å². The van der Waals surface area contributed by atoms with Crippen molar-refractivity contribution < 1.29 is 13.2 Å². The van der Waals surface area contributed by atoms with E-state index in [0.29, 0.717) is 25.0 Å². The first kappa shape index (κ1) is 23.4. The van der Waals surface area contributed by atoms with Gasteiger partial charge in [-0.1, -0.05) is 30.3 Å². The van der Waals surface area contributed by atoms with Crippen LogP contribution < -0.4 is 20.5 Å². The summed E-state index contributed by atoms with van der Waals surface area (Å²) in [4.78, 5) is 4.33. The minimum absolute atomic E-state index is 0. The molecule has 1 fully saturated rings. The molecular formula is C20H27IN4O3S. The van der Waals surface area contributed by atoms with E-state index in [4.69, 9.17) is 9.88 Å². The maximum atomic E-state index is 11.3. The molecule has 0 amide bonds. The van der Waals surface area contributed by atoms with E-state index < -0.39 is 10.0 Å². The zero-order chi connectivity index (χ0) is 20.0. The molecule has 0 bridgehead atoms. The summed E-state index contributed by atoms with van der Waals surface area (Å²) in [5.41, 5.74) is 1.99. The van der Waals surface area contributed by atoms with Crippen molar-refractivity contribution in [3.05, 3.63) is 59.7 Å². The van der Waals surface area contributed by atoms with Gasteiger partial charge in [0.15, 0.2) is 5.96 Å². The van der Waals surface area contributed by atoms with Crippen molar-refractivity contribution in [3.8, 4) is 5.75 Å². The molecule has 158 valence electrons. The number of hydrogen-bond donors (Lipinski definition) is 3. The van der Waals surface area contributed by atoms with Crippen molar-refractivity contribution in [3.63, 3.8) is 0 Å². The average Bonchev–Trinajstić information content (AvgIpc) is 3.51. The first-order valence-corrected chi connectivity index (χ1v) is 10.8. The first-order chi connectivity index (χ1) is 13.5. The van der Waals surface area contributed by atoms with E-state index in [2.05, 4.69) is 15.6 Å². The van der Waals surface area contributed by atoms with Gasteiger partial charge >= 0.3 is 0 Å².